The summed E-state index contributed by atoms with van der Waals surface area (Å²) in [7, 11) is 0. The Morgan fingerprint density at radius 1 is 1.13 bits per heavy atom. The average Bonchev–Trinajstić information content (AvgIpc) is 2.99. The van der Waals surface area contributed by atoms with Crippen LogP contribution in [-0.2, 0) is 9.59 Å². The zero-order chi connectivity index (χ0) is 22.4. The van der Waals surface area contributed by atoms with Crippen LogP contribution in [0.2, 0.25) is 0 Å². The fourth-order valence-electron chi connectivity index (χ4n) is 2.96. The van der Waals surface area contributed by atoms with Crippen LogP contribution in [0.25, 0.3) is 6.08 Å². The Morgan fingerprint density at radius 3 is 2.52 bits per heavy atom. The Kier molecular flexibility index (Phi) is 7.38. The molecular weight excluding hydrogens is 432 g/mol. The molecule has 0 unspecified atom stereocenters. The number of nitrogens with one attached hydrogen (secondary N) is 1. The van der Waals surface area contributed by atoms with Crippen molar-refractivity contribution in [1.82, 2.24) is 4.90 Å². The number of carboxylic acids is 1. The lowest BCUT2D eigenvalue weighted by Crippen LogP contribution is -2.31. The molecule has 2 amide bonds. The van der Waals surface area contributed by atoms with Crippen molar-refractivity contribution in [3.05, 3.63) is 82.3 Å². The van der Waals surface area contributed by atoms with E-state index in [1.54, 1.807) is 18.2 Å². The number of nitrogens with zero attached hydrogens (tertiary/aromatic N) is 1. The zero-order valence-electron chi connectivity index (χ0n) is 16.7. The second-order valence-corrected chi connectivity index (χ2v) is 8.46. The molecule has 0 atom stereocenters. The van der Waals surface area contributed by atoms with Crippen molar-refractivity contribution >= 4 is 57.8 Å². The number of benzene rings is 2. The van der Waals surface area contributed by atoms with E-state index in [2.05, 4.69) is 5.32 Å². The topological polar surface area (TPSA) is 86.7 Å². The number of rotatable bonds is 7. The van der Waals surface area contributed by atoms with Crippen LogP contribution in [0.3, 0.4) is 0 Å². The van der Waals surface area contributed by atoms with Crippen LogP contribution in [0.4, 0.5) is 5.69 Å². The minimum absolute atomic E-state index is 0.00470. The third-order valence-corrected chi connectivity index (χ3v) is 5.80. The number of hydrogen-bond acceptors (Lipinski definition) is 5. The second-order valence-electron chi connectivity index (χ2n) is 6.78. The smallest absolute Gasteiger partial charge is 0.337 e. The van der Waals surface area contributed by atoms with Crippen molar-refractivity contribution in [3.63, 3.8) is 0 Å². The molecule has 0 aromatic heterocycles. The first-order valence-corrected chi connectivity index (χ1v) is 10.7. The van der Waals surface area contributed by atoms with Gasteiger partial charge in [0.15, 0.2) is 0 Å². The number of aromatic carboxylic acids is 1. The van der Waals surface area contributed by atoms with Crippen LogP contribution in [0, 0.1) is 0 Å². The summed E-state index contributed by atoms with van der Waals surface area (Å²) in [6.07, 6.45) is 3.75. The fourth-order valence-corrected chi connectivity index (χ4v) is 4.32. The number of amides is 2. The maximum atomic E-state index is 12.7. The molecule has 0 radical (unpaired) electrons. The van der Waals surface area contributed by atoms with E-state index < -0.39 is 11.9 Å². The number of para-hydroxylation sites is 1. The normalized spacial score (nSPS) is 15.5. The Balaban J connectivity index is 1.62. The van der Waals surface area contributed by atoms with Crippen LogP contribution in [-0.4, -0.2) is 38.7 Å². The van der Waals surface area contributed by atoms with E-state index in [0.717, 1.165) is 11.1 Å². The van der Waals surface area contributed by atoms with Gasteiger partial charge in [-0.15, -0.1) is 0 Å². The van der Waals surface area contributed by atoms with Crippen molar-refractivity contribution in [2.24, 2.45) is 0 Å². The highest BCUT2D eigenvalue weighted by Crippen LogP contribution is 2.32. The summed E-state index contributed by atoms with van der Waals surface area (Å²) in [4.78, 5) is 38.2. The van der Waals surface area contributed by atoms with Crippen molar-refractivity contribution in [3.8, 4) is 0 Å². The van der Waals surface area contributed by atoms with Crippen LogP contribution in [0.1, 0.15) is 29.3 Å². The molecule has 0 spiro atoms. The predicted molar refractivity (Wildman–Crippen MR) is 127 cm³/mol. The molecule has 1 aliphatic heterocycles. The van der Waals surface area contributed by atoms with Gasteiger partial charge >= 0.3 is 5.97 Å². The highest BCUT2D eigenvalue weighted by Gasteiger charge is 2.32. The number of thioether (sulfide) groups is 1. The minimum Gasteiger partial charge on any atom is -0.478 e. The van der Waals surface area contributed by atoms with Gasteiger partial charge in [0, 0.05) is 13.0 Å². The van der Waals surface area contributed by atoms with E-state index in [4.69, 9.17) is 12.2 Å². The molecular formula is C23H20N2O4S2. The molecule has 31 heavy (non-hydrogen) atoms. The highest BCUT2D eigenvalue weighted by atomic mass is 32.2. The van der Waals surface area contributed by atoms with E-state index >= 15 is 0 Å². The predicted octanol–water partition coefficient (Wildman–Crippen LogP) is 4.56. The Labute approximate surface area is 189 Å². The zero-order valence-corrected chi connectivity index (χ0v) is 18.3. The summed E-state index contributed by atoms with van der Waals surface area (Å²) in [6.45, 7) is 2.03. The number of thiocarbonyl (C=S) groups is 1. The lowest BCUT2D eigenvalue weighted by atomic mass is 10.1. The monoisotopic (exact) mass is 452 g/mol. The van der Waals surface area contributed by atoms with E-state index in [1.807, 2.05) is 43.3 Å². The van der Waals surface area contributed by atoms with E-state index in [-0.39, 0.29) is 30.1 Å². The largest absolute Gasteiger partial charge is 0.478 e. The molecule has 0 bridgehead atoms. The number of carbonyl (C=O) groups is 3. The molecule has 1 heterocycles. The molecule has 6 nitrogen and oxygen atoms in total. The molecule has 0 saturated carbocycles. The molecule has 2 aromatic rings. The Bertz CT molecular complexity index is 1090. The maximum Gasteiger partial charge on any atom is 0.337 e. The molecule has 2 aromatic carbocycles. The molecule has 2 N–H and O–H groups in total. The van der Waals surface area contributed by atoms with E-state index in [1.165, 1.54) is 28.8 Å². The van der Waals surface area contributed by atoms with Gasteiger partial charge in [-0.2, -0.15) is 0 Å². The number of carboxylic acid groups (broad SMARTS) is 1. The van der Waals surface area contributed by atoms with Gasteiger partial charge in [-0.25, -0.2) is 4.79 Å². The van der Waals surface area contributed by atoms with Gasteiger partial charge in [0.05, 0.1) is 16.2 Å². The number of hydrogen-bond donors (Lipinski definition) is 2. The summed E-state index contributed by atoms with van der Waals surface area (Å²) >= 11 is 6.51. The first-order valence-electron chi connectivity index (χ1n) is 9.46. The second kappa shape index (κ2) is 10.2. The van der Waals surface area contributed by atoms with Gasteiger partial charge in [0.2, 0.25) is 5.91 Å². The van der Waals surface area contributed by atoms with Gasteiger partial charge in [0.1, 0.15) is 4.32 Å². The SMILES string of the molecule is CC(=Cc1ccccc1)/C=C1\SC(=S)N(CCC(=O)Nc2ccccc2C(=O)O)C1=O. The summed E-state index contributed by atoms with van der Waals surface area (Å²) in [5.41, 5.74) is 2.16. The summed E-state index contributed by atoms with van der Waals surface area (Å²) in [6, 6.07) is 15.9. The van der Waals surface area contributed by atoms with Crippen molar-refractivity contribution < 1.29 is 19.5 Å². The maximum absolute atomic E-state index is 12.7. The fraction of sp³-hybridized carbons (Fsp3) is 0.130. The standard InChI is InChI=1S/C23H20N2O4S2/c1-15(13-16-7-3-2-4-8-16)14-19-21(27)25(23(30)31-19)12-11-20(26)24-18-10-6-5-9-17(18)22(28)29/h2-10,13-14H,11-12H2,1H3,(H,24,26)(H,28,29)/b15-13?,19-14-. The van der Waals surface area contributed by atoms with Crippen LogP contribution in [0.15, 0.2) is 71.2 Å². The van der Waals surface area contributed by atoms with E-state index in [9.17, 15) is 19.5 Å². The Morgan fingerprint density at radius 2 is 1.81 bits per heavy atom. The molecule has 8 heteroatoms. The van der Waals surface area contributed by atoms with Crippen LogP contribution >= 0.6 is 24.0 Å². The number of anilines is 1. The first-order chi connectivity index (χ1) is 14.8. The molecule has 3 rings (SSSR count). The quantitative estimate of drug-likeness (QED) is 0.473. The van der Waals surface area contributed by atoms with Crippen LogP contribution in [0.5, 0.6) is 0 Å². The van der Waals surface area contributed by atoms with Crippen molar-refractivity contribution in [1.29, 1.82) is 0 Å². The lowest BCUT2D eigenvalue weighted by Gasteiger charge is -2.14. The van der Waals surface area contributed by atoms with Gasteiger partial charge in [0.25, 0.3) is 5.91 Å². The van der Waals surface area contributed by atoms with Crippen molar-refractivity contribution in [2.75, 3.05) is 11.9 Å². The van der Waals surface area contributed by atoms with E-state index in [0.29, 0.717) is 9.23 Å². The summed E-state index contributed by atoms with van der Waals surface area (Å²) in [5.74, 6) is -1.77. The first kappa shape index (κ1) is 22.5. The number of allylic oxidation sites excluding steroid dienone is 2. The average molecular weight is 453 g/mol. The molecule has 1 fully saturated rings. The summed E-state index contributed by atoms with van der Waals surface area (Å²) in [5, 5.41) is 11.8. The van der Waals surface area contributed by atoms with Gasteiger partial charge in [-0.05, 0) is 36.3 Å². The highest BCUT2D eigenvalue weighted by molar-refractivity contribution is 8.26. The molecule has 0 aliphatic carbocycles. The summed E-state index contributed by atoms with van der Waals surface area (Å²) < 4.78 is 0.391. The third kappa shape index (κ3) is 5.90. The minimum atomic E-state index is -1.13. The van der Waals surface area contributed by atoms with Gasteiger partial charge < -0.3 is 10.4 Å². The van der Waals surface area contributed by atoms with Gasteiger partial charge in [-0.1, -0.05) is 72.5 Å². The third-order valence-electron chi connectivity index (χ3n) is 4.42. The van der Waals surface area contributed by atoms with Crippen LogP contribution < -0.4 is 5.32 Å². The lowest BCUT2D eigenvalue weighted by molar-refractivity contribution is -0.122. The molecule has 1 aliphatic rings. The molecule has 1 saturated heterocycles. The van der Waals surface area contributed by atoms with Gasteiger partial charge in [-0.3, -0.25) is 14.5 Å². The number of carbonyl (C=O) groups excluding carboxylic acids is 2. The van der Waals surface area contributed by atoms with Crippen molar-refractivity contribution in [2.45, 2.75) is 13.3 Å². The Hall–Kier alpha value is -3.23. The molecule has 158 valence electrons.